The van der Waals surface area contributed by atoms with Crippen LogP contribution < -0.4 is 0 Å². The van der Waals surface area contributed by atoms with Crippen LogP contribution in [0.4, 0.5) is 0 Å². The van der Waals surface area contributed by atoms with Gasteiger partial charge in [0.15, 0.2) is 0 Å². The highest BCUT2D eigenvalue weighted by atomic mass is 16.5. The zero-order valence-electron chi connectivity index (χ0n) is 15.7. The molecule has 3 aliphatic heterocycles. The van der Waals surface area contributed by atoms with Crippen molar-refractivity contribution in [2.45, 2.75) is 45.1 Å². The summed E-state index contributed by atoms with van der Waals surface area (Å²) in [6.07, 6.45) is 10.2. The maximum atomic E-state index is 13.2. The SMILES string of the molecule is O=C1N(CC2CCOCC2)CC[C@]12CCCN(Cc1cccnc1)CC2. The van der Waals surface area contributed by atoms with Crippen molar-refractivity contribution >= 4 is 5.91 Å². The Kier molecular flexibility index (Phi) is 5.55. The minimum absolute atomic E-state index is 0.0884. The first kappa shape index (κ1) is 17.9. The molecule has 3 aliphatic rings. The van der Waals surface area contributed by atoms with E-state index < -0.39 is 0 Å². The molecule has 5 heteroatoms. The predicted molar refractivity (Wildman–Crippen MR) is 101 cm³/mol. The van der Waals surface area contributed by atoms with Gasteiger partial charge < -0.3 is 9.64 Å². The summed E-state index contributed by atoms with van der Waals surface area (Å²) in [4.78, 5) is 22.1. The Bertz CT molecular complexity index is 603. The summed E-state index contributed by atoms with van der Waals surface area (Å²) >= 11 is 0. The molecule has 4 rings (SSSR count). The number of aromatic nitrogens is 1. The van der Waals surface area contributed by atoms with Crippen LogP contribution in [0.2, 0.25) is 0 Å². The van der Waals surface area contributed by atoms with Crippen LogP contribution in [0.3, 0.4) is 0 Å². The molecule has 3 fully saturated rings. The topological polar surface area (TPSA) is 45.7 Å². The molecule has 1 aromatic rings. The molecular weight excluding hydrogens is 326 g/mol. The van der Waals surface area contributed by atoms with Gasteiger partial charge in [-0.15, -0.1) is 0 Å². The molecule has 0 N–H and O–H groups in total. The van der Waals surface area contributed by atoms with Crippen molar-refractivity contribution < 1.29 is 9.53 Å². The second-order valence-electron chi connectivity index (χ2n) is 8.33. The van der Waals surface area contributed by atoms with Crippen LogP contribution >= 0.6 is 0 Å². The van der Waals surface area contributed by atoms with Crippen LogP contribution in [0.5, 0.6) is 0 Å². The molecule has 3 saturated heterocycles. The number of likely N-dealkylation sites (tertiary alicyclic amines) is 2. The molecule has 142 valence electrons. The number of nitrogens with zero attached hydrogens (tertiary/aromatic N) is 3. The normalized spacial score (nSPS) is 28.6. The van der Waals surface area contributed by atoms with E-state index in [2.05, 4.69) is 20.9 Å². The number of hydrogen-bond acceptors (Lipinski definition) is 4. The molecule has 1 amide bonds. The Morgan fingerprint density at radius 3 is 2.81 bits per heavy atom. The molecule has 1 spiro atoms. The third-order valence-electron chi connectivity index (χ3n) is 6.59. The van der Waals surface area contributed by atoms with Crippen LogP contribution in [0.1, 0.15) is 44.1 Å². The predicted octanol–water partition coefficient (Wildman–Crippen LogP) is 2.71. The number of carbonyl (C=O) groups is 1. The Hall–Kier alpha value is -1.46. The Morgan fingerprint density at radius 2 is 2.00 bits per heavy atom. The lowest BCUT2D eigenvalue weighted by Gasteiger charge is -2.30. The molecular formula is C21H31N3O2. The van der Waals surface area contributed by atoms with Gasteiger partial charge in [0.1, 0.15) is 0 Å². The average molecular weight is 357 g/mol. The summed E-state index contributed by atoms with van der Waals surface area (Å²) in [6.45, 7) is 6.68. The quantitative estimate of drug-likeness (QED) is 0.831. The summed E-state index contributed by atoms with van der Waals surface area (Å²) < 4.78 is 5.46. The number of ether oxygens (including phenoxy) is 1. The maximum absolute atomic E-state index is 13.2. The minimum atomic E-state index is -0.0884. The molecule has 1 atom stereocenters. The molecule has 0 aromatic carbocycles. The van der Waals surface area contributed by atoms with Gasteiger partial charge in [-0.25, -0.2) is 0 Å². The first-order valence-corrected chi connectivity index (χ1v) is 10.2. The van der Waals surface area contributed by atoms with Gasteiger partial charge in [0.25, 0.3) is 0 Å². The first-order valence-electron chi connectivity index (χ1n) is 10.2. The van der Waals surface area contributed by atoms with E-state index in [1.807, 2.05) is 18.5 Å². The molecule has 1 aromatic heterocycles. The number of pyridine rings is 1. The van der Waals surface area contributed by atoms with E-state index >= 15 is 0 Å². The standard InChI is InChI=1S/C21H31N3O2/c25-20-21(8-12-24(20)17-18-4-13-26-14-5-18)6-2-10-23(11-7-21)16-19-3-1-9-22-15-19/h1,3,9,15,18H,2,4-8,10-14,16-17H2/t21-/m1/s1. The van der Waals surface area contributed by atoms with Gasteiger partial charge in [0, 0.05) is 45.2 Å². The van der Waals surface area contributed by atoms with E-state index in [1.165, 1.54) is 5.56 Å². The average Bonchev–Trinajstić information content (AvgIpc) is 2.85. The second kappa shape index (κ2) is 8.05. The summed E-state index contributed by atoms with van der Waals surface area (Å²) in [5, 5.41) is 0. The van der Waals surface area contributed by atoms with Crippen molar-refractivity contribution in [3.63, 3.8) is 0 Å². The van der Waals surface area contributed by atoms with Gasteiger partial charge in [-0.1, -0.05) is 6.07 Å². The highest BCUT2D eigenvalue weighted by Crippen LogP contribution is 2.42. The molecule has 0 aliphatic carbocycles. The van der Waals surface area contributed by atoms with Crippen molar-refractivity contribution in [2.75, 3.05) is 39.4 Å². The van der Waals surface area contributed by atoms with Crippen molar-refractivity contribution in [3.8, 4) is 0 Å². The molecule has 0 unspecified atom stereocenters. The van der Waals surface area contributed by atoms with Crippen LogP contribution in [-0.4, -0.2) is 60.1 Å². The molecule has 4 heterocycles. The van der Waals surface area contributed by atoms with Crippen molar-refractivity contribution in [2.24, 2.45) is 11.3 Å². The summed E-state index contributed by atoms with van der Waals surface area (Å²) in [5.41, 5.74) is 1.18. The van der Waals surface area contributed by atoms with Crippen LogP contribution in [-0.2, 0) is 16.1 Å². The van der Waals surface area contributed by atoms with E-state index in [-0.39, 0.29) is 5.41 Å². The highest BCUT2D eigenvalue weighted by Gasteiger charge is 2.47. The summed E-state index contributed by atoms with van der Waals surface area (Å²) in [6, 6.07) is 4.15. The zero-order valence-corrected chi connectivity index (χ0v) is 15.7. The molecule has 0 saturated carbocycles. The third-order valence-corrected chi connectivity index (χ3v) is 6.59. The fraction of sp³-hybridized carbons (Fsp3) is 0.714. The van der Waals surface area contributed by atoms with Crippen molar-refractivity contribution in [1.82, 2.24) is 14.8 Å². The monoisotopic (exact) mass is 357 g/mol. The van der Waals surface area contributed by atoms with E-state index in [9.17, 15) is 4.79 Å². The lowest BCUT2D eigenvalue weighted by Crippen LogP contribution is -2.39. The van der Waals surface area contributed by atoms with Crippen LogP contribution in [0.25, 0.3) is 0 Å². The van der Waals surface area contributed by atoms with E-state index in [0.717, 1.165) is 84.5 Å². The molecule has 0 radical (unpaired) electrons. The van der Waals surface area contributed by atoms with E-state index in [0.29, 0.717) is 11.8 Å². The number of hydrogen-bond donors (Lipinski definition) is 0. The lowest BCUT2D eigenvalue weighted by molar-refractivity contribution is -0.137. The van der Waals surface area contributed by atoms with E-state index in [4.69, 9.17) is 4.74 Å². The van der Waals surface area contributed by atoms with Crippen LogP contribution in [0, 0.1) is 11.3 Å². The van der Waals surface area contributed by atoms with Gasteiger partial charge in [0.2, 0.25) is 5.91 Å². The molecule has 26 heavy (non-hydrogen) atoms. The van der Waals surface area contributed by atoms with Crippen molar-refractivity contribution in [3.05, 3.63) is 30.1 Å². The van der Waals surface area contributed by atoms with Gasteiger partial charge in [0.05, 0.1) is 5.41 Å². The van der Waals surface area contributed by atoms with Gasteiger partial charge >= 0.3 is 0 Å². The largest absolute Gasteiger partial charge is 0.381 e. The smallest absolute Gasteiger partial charge is 0.228 e. The Labute approximate surface area is 156 Å². The fourth-order valence-corrected chi connectivity index (χ4v) is 4.93. The Balaban J connectivity index is 1.34. The number of rotatable bonds is 4. The third kappa shape index (κ3) is 3.94. The second-order valence-corrected chi connectivity index (χ2v) is 8.33. The number of amides is 1. The Morgan fingerprint density at radius 1 is 1.15 bits per heavy atom. The minimum Gasteiger partial charge on any atom is -0.381 e. The molecule has 0 bridgehead atoms. The maximum Gasteiger partial charge on any atom is 0.228 e. The number of carbonyl (C=O) groups excluding carboxylic acids is 1. The van der Waals surface area contributed by atoms with Gasteiger partial charge in [-0.3, -0.25) is 14.7 Å². The van der Waals surface area contributed by atoms with Crippen molar-refractivity contribution in [1.29, 1.82) is 0 Å². The van der Waals surface area contributed by atoms with Gasteiger partial charge in [-0.2, -0.15) is 0 Å². The van der Waals surface area contributed by atoms with Gasteiger partial charge in [-0.05, 0) is 69.2 Å². The first-order chi connectivity index (χ1) is 12.8. The summed E-state index contributed by atoms with van der Waals surface area (Å²) in [5.74, 6) is 1.07. The molecule has 5 nitrogen and oxygen atoms in total. The summed E-state index contributed by atoms with van der Waals surface area (Å²) in [7, 11) is 0. The highest BCUT2D eigenvalue weighted by molar-refractivity contribution is 5.84. The lowest BCUT2D eigenvalue weighted by atomic mass is 9.79. The fourth-order valence-electron chi connectivity index (χ4n) is 4.93. The zero-order chi connectivity index (χ0) is 17.8. The van der Waals surface area contributed by atoms with E-state index in [1.54, 1.807) is 0 Å². The van der Waals surface area contributed by atoms with Crippen LogP contribution in [0.15, 0.2) is 24.5 Å².